The quantitative estimate of drug-likeness (QED) is 0.581. The molecule has 1 aliphatic heterocycles. The van der Waals surface area contributed by atoms with Crippen molar-refractivity contribution >= 4 is 11.7 Å². The van der Waals surface area contributed by atoms with Crippen molar-refractivity contribution in [2.75, 3.05) is 24.5 Å². The highest BCUT2D eigenvalue weighted by atomic mass is 19.4. The van der Waals surface area contributed by atoms with E-state index in [-0.39, 0.29) is 36.2 Å². The van der Waals surface area contributed by atoms with Crippen LogP contribution in [0.15, 0.2) is 42.6 Å². The number of benzene rings is 1. The number of piperazine rings is 1. The SMILES string of the molecule is CC(C)C1CN(C(=O)CNC2(c3cccc(OC(F)(F)F)c3)CCC2)CC(C)N1c1ccc(C#N)cn1. The van der Waals surface area contributed by atoms with Crippen LogP contribution in [0.5, 0.6) is 5.75 Å². The lowest BCUT2D eigenvalue weighted by atomic mass is 9.71. The normalized spacial score (nSPS) is 21.4. The maximum absolute atomic E-state index is 13.3. The van der Waals surface area contributed by atoms with Crippen LogP contribution in [0.4, 0.5) is 19.0 Å². The van der Waals surface area contributed by atoms with Crippen LogP contribution >= 0.6 is 0 Å². The second kappa shape index (κ2) is 10.6. The third-order valence-corrected chi connectivity index (χ3v) is 7.39. The van der Waals surface area contributed by atoms with Gasteiger partial charge in [-0.3, -0.25) is 10.1 Å². The van der Waals surface area contributed by atoms with Gasteiger partial charge in [0.05, 0.1) is 18.2 Å². The van der Waals surface area contributed by atoms with Crippen LogP contribution < -0.4 is 15.0 Å². The first-order valence-electron chi connectivity index (χ1n) is 12.5. The molecular formula is C27H32F3N5O2. The van der Waals surface area contributed by atoms with Gasteiger partial charge in [0.1, 0.15) is 17.6 Å². The Morgan fingerprint density at radius 2 is 2.03 bits per heavy atom. The van der Waals surface area contributed by atoms with E-state index >= 15 is 0 Å². The fraction of sp³-hybridized carbons (Fsp3) is 0.519. The Labute approximate surface area is 215 Å². The number of rotatable bonds is 7. The molecule has 0 spiro atoms. The fourth-order valence-electron chi connectivity index (χ4n) is 5.30. The van der Waals surface area contributed by atoms with Gasteiger partial charge in [-0.25, -0.2) is 4.98 Å². The minimum Gasteiger partial charge on any atom is -0.406 e. The first-order chi connectivity index (χ1) is 17.5. The summed E-state index contributed by atoms with van der Waals surface area (Å²) in [4.78, 5) is 21.9. The molecule has 1 N–H and O–H groups in total. The number of halogens is 3. The van der Waals surface area contributed by atoms with Gasteiger partial charge in [0.2, 0.25) is 5.91 Å². The summed E-state index contributed by atoms with van der Waals surface area (Å²) in [7, 11) is 0. The van der Waals surface area contributed by atoms with Crippen molar-refractivity contribution in [3.63, 3.8) is 0 Å². The smallest absolute Gasteiger partial charge is 0.406 e. The minimum atomic E-state index is -4.76. The maximum Gasteiger partial charge on any atom is 0.573 e. The number of anilines is 1. The summed E-state index contributed by atoms with van der Waals surface area (Å²) in [6.45, 7) is 7.43. The molecule has 1 aromatic heterocycles. The van der Waals surface area contributed by atoms with Crippen LogP contribution in [-0.4, -0.2) is 53.9 Å². The second-order valence-corrected chi connectivity index (χ2v) is 10.2. The van der Waals surface area contributed by atoms with Gasteiger partial charge in [-0.1, -0.05) is 26.0 Å². The lowest BCUT2D eigenvalue weighted by molar-refractivity contribution is -0.274. The molecular weight excluding hydrogens is 483 g/mol. The molecule has 4 rings (SSSR count). The van der Waals surface area contributed by atoms with Crippen molar-refractivity contribution in [3.8, 4) is 11.8 Å². The molecule has 1 aromatic carbocycles. The summed E-state index contributed by atoms with van der Waals surface area (Å²) < 4.78 is 42.2. The van der Waals surface area contributed by atoms with Gasteiger partial charge >= 0.3 is 6.36 Å². The van der Waals surface area contributed by atoms with Crippen LogP contribution in [0.2, 0.25) is 0 Å². The van der Waals surface area contributed by atoms with E-state index in [1.54, 1.807) is 24.4 Å². The number of nitrogens with one attached hydrogen (secondary N) is 1. The molecule has 1 saturated carbocycles. The lowest BCUT2D eigenvalue weighted by Gasteiger charge is -2.48. The summed E-state index contributed by atoms with van der Waals surface area (Å²) in [5.41, 5.74) is 0.647. The van der Waals surface area contributed by atoms with Crippen molar-refractivity contribution in [3.05, 3.63) is 53.7 Å². The number of amides is 1. The van der Waals surface area contributed by atoms with Gasteiger partial charge in [-0.05, 0) is 61.9 Å². The van der Waals surface area contributed by atoms with Crippen molar-refractivity contribution < 1.29 is 22.7 Å². The summed E-state index contributed by atoms with van der Waals surface area (Å²) in [6, 6.07) is 11.8. The fourth-order valence-corrected chi connectivity index (χ4v) is 5.30. The minimum absolute atomic E-state index is 0.0133. The summed E-state index contributed by atoms with van der Waals surface area (Å²) >= 11 is 0. The molecule has 2 heterocycles. The van der Waals surface area contributed by atoms with Crippen molar-refractivity contribution in [2.45, 2.75) is 64.0 Å². The molecule has 2 aromatic rings. The highest BCUT2D eigenvalue weighted by Gasteiger charge is 2.41. The largest absolute Gasteiger partial charge is 0.573 e. The van der Waals surface area contributed by atoms with Gasteiger partial charge in [0, 0.05) is 30.9 Å². The molecule has 1 saturated heterocycles. The van der Waals surface area contributed by atoms with E-state index in [4.69, 9.17) is 5.26 Å². The number of nitriles is 1. The van der Waals surface area contributed by atoms with Crippen molar-refractivity contribution in [1.82, 2.24) is 15.2 Å². The average Bonchev–Trinajstić information content (AvgIpc) is 2.82. The van der Waals surface area contributed by atoms with E-state index in [2.05, 4.69) is 46.8 Å². The number of aromatic nitrogens is 1. The Balaban J connectivity index is 1.44. The van der Waals surface area contributed by atoms with Crippen molar-refractivity contribution in [1.29, 1.82) is 5.26 Å². The number of ether oxygens (including phenoxy) is 1. The van der Waals surface area contributed by atoms with E-state index in [9.17, 15) is 18.0 Å². The van der Waals surface area contributed by atoms with E-state index in [1.165, 1.54) is 12.1 Å². The Kier molecular flexibility index (Phi) is 7.64. The second-order valence-electron chi connectivity index (χ2n) is 10.2. The number of carbonyl (C=O) groups excluding carboxylic acids is 1. The molecule has 37 heavy (non-hydrogen) atoms. The number of nitrogens with zero attached hydrogens (tertiary/aromatic N) is 4. The Bertz CT molecular complexity index is 1140. The van der Waals surface area contributed by atoms with Crippen LogP contribution in [-0.2, 0) is 10.3 Å². The third-order valence-electron chi connectivity index (χ3n) is 7.39. The molecule has 1 amide bonds. The average molecular weight is 516 g/mol. The molecule has 10 heteroatoms. The first-order valence-corrected chi connectivity index (χ1v) is 12.5. The van der Waals surface area contributed by atoms with Gasteiger partial charge < -0.3 is 14.5 Å². The number of pyridine rings is 1. The Morgan fingerprint density at radius 3 is 2.59 bits per heavy atom. The molecule has 0 radical (unpaired) electrons. The molecule has 2 fully saturated rings. The van der Waals surface area contributed by atoms with Gasteiger partial charge in [-0.2, -0.15) is 5.26 Å². The Morgan fingerprint density at radius 1 is 1.27 bits per heavy atom. The van der Waals surface area contributed by atoms with E-state index in [1.807, 2.05) is 11.0 Å². The standard InChI is InChI=1S/C27H32F3N5O2/c1-18(2)23-17-34(16-19(3)35(23)24-9-8-20(13-31)14-32-24)25(36)15-33-26(10-5-11-26)21-6-4-7-22(12-21)37-27(28,29)30/h4,6-9,12,14,18-19,23,33H,5,10-11,15-17H2,1-3H3. The molecule has 7 nitrogen and oxygen atoms in total. The topological polar surface area (TPSA) is 81.5 Å². The van der Waals surface area contributed by atoms with E-state index in [0.29, 0.717) is 24.2 Å². The number of hydrogen-bond acceptors (Lipinski definition) is 6. The molecule has 2 atom stereocenters. The number of carbonyl (C=O) groups is 1. The predicted octanol–water partition coefficient (Wildman–Crippen LogP) is 4.58. The Hall–Kier alpha value is -3.32. The highest BCUT2D eigenvalue weighted by Crippen LogP contribution is 2.42. The maximum atomic E-state index is 13.3. The van der Waals surface area contributed by atoms with Crippen LogP contribution in [0.1, 0.15) is 51.2 Å². The van der Waals surface area contributed by atoms with Crippen LogP contribution in [0.25, 0.3) is 0 Å². The molecule has 1 aliphatic carbocycles. The van der Waals surface area contributed by atoms with Gasteiger partial charge in [0.25, 0.3) is 0 Å². The van der Waals surface area contributed by atoms with Gasteiger partial charge in [-0.15, -0.1) is 13.2 Å². The van der Waals surface area contributed by atoms with Crippen molar-refractivity contribution in [2.24, 2.45) is 5.92 Å². The molecule has 0 bridgehead atoms. The summed E-state index contributed by atoms with van der Waals surface area (Å²) in [5, 5.41) is 12.4. The van der Waals surface area contributed by atoms with Gasteiger partial charge in [0.15, 0.2) is 0 Å². The van der Waals surface area contributed by atoms with Crippen LogP contribution in [0, 0.1) is 17.2 Å². The summed E-state index contributed by atoms with van der Waals surface area (Å²) in [6.07, 6.45) is -0.798. The predicted molar refractivity (Wildman–Crippen MR) is 133 cm³/mol. The summed E-state index contributed by atoms with van der Waals surface area (Å²) in [5.74, 6) is 0.729. The monoisotopic (exact) mass is 515 g/mol. The zero-order valence-electron chi connectivity index (χ0n) is 21.3. The number of hydrogen-bond donors (Lipinski definition) is 1. The molecule has 2 aliphatic rings. The van der Waals surface area contributed by atoms with E-state index in [0.717, 1.165) is 25.1 Å². The third kappa shape index (κ3) is 5.99. The first kappa shape index (κ1) is 26.7. The van der Waals surface area contributed by atoms with E-state index < -0.39 is 11.9 Å². The highest BCUT2D eigenvalue weighted by molar-refractivity contribution is 5.79. The zero-order valence-corrected chi connectivity index (χ0v) is 21.3. The zero-order chi connectivity index (χ0) is 26.8. The lowest BCUT2D eigenvalue weighted by Crippen LogP contribution is -2.62. The van der Waals surface area contributed by atoms with Crippen LogP contribution in [0.3, 0.4) is 0 Å². The molecule has 2 unspecified atom stereocenters. The molecule has 198 valence electrons. The number of alkyl halides is 3.